The van der Waals surface area contributed by atoms with Gasteiger partial charge in [0, 0.05) is 9.85 Å². The molecule has 1 atom stereocenters. The predicted molar refractivity (Wildman–Crippen MR) is 79.1 cm³/mol. The van der Waals surface area contributed by atoms with Crippen LogP contribution in [-0.4, -0.2) is 4.83 Å². The summed E-state index contributed by atoms with van der Waals surface area (Å²) < 4.78 is 0. The van der Waals surface area contributed by atoms with Crippen molar-refractivity contribution in [2.24, 2.45) is 5.92 Å². The van der Waals surface area contributed by atoms with Crippen LogP contribution >= 0.6 is 27.5 Å². The molecular formula is C15H20BrCl. The fourth-order valence-electron chi connectivity index (χ4n) is 2.72. The summed E-state index contributed by atoms with van der Waals surface area (Å²) in [4.78, 5) is 0.572. The Hall–Kier alpha value is -0.0100. The second-order valence-corrected chi connectivity index (χ2v) is 6.82. The molecule has 0 radical (unpaired) electrons. The summed E-state index contributed by atoms with van der Waals surface area (Å²) in [5.41, 5.74) is 1.27. The maximum Gasteiger partial charge on any atom is 0.0438 e. The Labute approximate surface area is 118 Å². The number of hydrogen-bond acceptors (Lipinski definition) is 0. The fourth-order valence-corrected chi connectivity index (χ4v) is 3.55. The van der Waals surface area contributed by atoms with Gasteiger partial charge in [-0.1, -0.05) is 71.4 Å². The van der Waals surface area contributed by atoms with E-state index in [1.54, 1.807) is 0 Å². The molecule has 0 N–H and O–H groups in total. The quantitative estimate of drug-likeness (QED) is 0.619. The smallest absolute Gasteiger partial charge is 0.0438 e. The molecule has 2 rings (SSSR count). The van der Waals surface area contributed by atoms with Crippen LogP contribution in [0.15, 0.2) is 24.3 Å². The van der Waals surface area contributed by atoms with E-state index in [9.17, 15) is 0 Å². The minimum Gasteiger partial charge on any atom is -0.0887 e. The number of benzene rings is 1. The van der Waals surface area contributed by atoms with Crippen LogP contribution in [0.5, 0.6) is 0 Å². The van der Waals surface area contributed by atoms with E-state index in [1.807, 2.05) is 12.1 Å². The summed E-state index contributed by atoms with van der Waals surface area (Å²) in [6.07, 6.45) is 9.49. The standard InChI is InChI=1S/C15H20BrCl/c16-14(10-9-12-5-1-2-6-12)11-13-7-3-4-8-15(13)17/h3-4,7-8,12,14H,1-2,5-6,9-11H2. The lowest BCUT2D eigenvalue weighted by Gasteiger charge is -2.14. The zero-order chi connectivity index (χ0) is 12.1. The molecule has 2 heteroatoms. The van der Waals surface area contributed by atoms with E-state index >= 15 is 0 Å². The van der Waals surface area contributed by atoms with E-state index in [2.05, 4.69) is 28.1 Å². The molecule has 17 heavy (non-hydrogen) atoms. The third-order valence-corrected chi connectivity index (χ3v) is 4.91. The third-order valence-electron chi connectivity index (χ3n) is 3.76. The monoisotopic (exact) mass is 314 g/mol. The van der Waals surface area contributed by atoms with Crippen LogP contribution in [0.1, 0.15) is 44.1 Å². The first-order chi connectivity index (χ1) is 8.25. The van der Waals surface area contributed by atoms with E-state index in [4.69, 9.17) is 11.6 Å². The number of rotatable bonds is 5. The highest BCUT2D eigenvalue weighted by atomic mass is 79.9. The van der Waals surface area contributed by atoms with E-state index in [0.29, 0.717) is 4.83 Å². The van der Waals surface area contributed by atoms with E-state index in [0.717, 1.165) is 17.4 Å². The first-order valence-corrected chi connectivity index (χ1v) is 7.92. The van der Waals surface area contributed by atoms with Crippen molar-refractivity contribution in [1.29, 1.82) is 0 Å². The van der Waals surface area contributed by atoms with Gasteiger partial charge in [0.15, 0.2) is 0 Å². The van der Waals surface area contributed by atoms with Crippen molar-refractivity contribution in [3.05, 3.63) is 34.9 Å². The normalized spacial score (nSPS) is 18.5. The number of halogens is 2. The van der Waals surface area contributed by atoms with Crippen LogP contribution < -0.4 is 0 Å². The maximum absolute atomic E-state index is 6.17. The first kappa shape index (κ1) is 13.4. The summed E-state index contributed by atoms with van der Waals surface area (Å²) in [6.45, 7) is 0. The molecule has 1 aromatic carbocycles. The van der Waals surface area contributed by atoms with Gasteiger partial charge in [0.1, 0.15) is 0 Å². The molecule has 0 aliphatic heterocycles. The Morgan fingerprint density at radius 1 is 1.24 bits per heavy atom. The van der Waals surface area contributed by atoms with Gasteiger partial charge in [0.25, 0.3) is 0 Å². The van der Waals surface area contributed by atoms with Crippen molar-refractivity contribution in [3.8, 4) is 0 Å². The summed E-state index contributed by atoms with van der Waals surface area (Å²) in [6, 6.07) is 8.17. The predicted octanol–water partition coefficient (Wildman–Crippen LogP) is 5.62. The molecular weight excluding hydrogens is 296 g/mol. The Balaban J connectivity index is 1.76. The van der Waals surface area contributed by atoms with Crippen LogP contribution in [0.25, 0.3) is 0 Å². The van der Waals surface area contributed by atoms with Gasteiger partial charge >= 0.3 is 0 Å². The second-order valence-electron chi connectivity index (χ2n) is 5.12. The third kappa shape index (κ3) is 4.30. The minimum atomic E-state index is 0.572. The molecule has 0 aromatic heterocycles. The molecule has 1 unspecified atom stereocenters. The van der Waals surface area contributed by atoms with Crippen LogP contribution in [-0.2, 0) is 6.42 Å². The molecule has 0 heterocycles. The van der Waals surface area contributed by atoms with Crippen molar-refractivity contribution in [2.75, 3.05) is 0 Å². The minimum absolute atomic E-state index is 0.572. The zero-order valence-corrected chi connectivity index (χ0v) is 12.5. The molecule has 1 saturated carbocycles. The lowest BCUT2D eigenvalue weighted by Crippen LogP contribution is -2.06. The van der Waals surface area contributed by atoms with Crippen LogP contribution in [0, 0.1) is 5.92 Å². The summed E-state index contributed by atoms with van der Waals surface area (Å²) >= 11 is 9.97. The fraction of sp³-hybridized carbons (Fsp3) is 0.600. The first-order valence-electron chi connectivity index (χ1n) is 6.63. The second kappa shape index (κ2) is 6.80. The average Bonchev–Trinajstić information content (AvgIpc) is 2.82. The van der Waals surface area contributed by atoms with Gasteiger partial charge in [-0.2, -0.15) is 0 Å². The zero-order valence-electron chi connectivity index (χ0n) is 10.2. The molecule has 0 spiro atoms. The Bertz CT molecular complexity index is 345. The summed E-state index contributed by atoms with van der Waals surface area (Å²) in [7, 11) is 0. The Morgan fingerprint density at radius 3 is 2.65 bits per heavy atom. The van der Waals surface area contributed by atoms with Gasteiger partial charge in [0.2, 0.25) is 0 Å². The number of alkyl halides is 1. The van der Waals surface area contributed by atoms with Gasteiger partial charge in [-0.25, -0.2) is 0 Å². The summed E-state index contributed by atoms with van der Waals surface area (Å²) in [5, 5.41) is 0.901. The van der Waals surface area contributed by atoms with Crippen molar-refractivity contribution < 1.29 is 0 Å². The van der Waals surface area contributed by atoms with E-state index < -0.39 is 0 Å². The largest absolute Gasteiger partial charge is 0.0887 e. The molecule has 94 valence electrons. The van der Waals surface area contributed by atoms with Crippen LogP contribution in [0.2, 0.25) is 5.02 Å². The molecule has 0 bridgehead atoms. The van der Waals surface area contributed by atoms with Gasteiger partial charge in [0.05, 0.1) is 0 Å². The highest BCUT2D eigenvalue weighted by Crippen LogP contribution is 2.31. The molecule has 1 aliphatic carbocycles. The average molecular weight is 316 g/mol. The van der Waals surface area contributed by atoms with Crippen LogP contribution in [0.3, 0.4) is 0 Å². The van der Waals surface area contributed by atoms with Gasteiger partial charge in [-0.05, 0) is 36.8 Å². The van der Waals surface area contributed by atoms with Crippen molar-refractivity contribution in [3.63, 3.8) is 0 Å². The highest BCUT2D eigenvalue weighted by Gasteiger charge is 2.16. The maximum atomic E-state index is 6.17. The highest BCUT2D eigenvalue weighted by molar-refractivity contribution is 9.09. The van der Waals surface area contributed by atoms with E-state index in [1.165, 1.54) is 44.1 Å². The molecule has 1 aliphatic rings. The van der Waals surface area contributed by atoms with Crippen molar-refractivity contribution in [2.45, 2.75) is 49.8 Å². The molecule has 0 saturated heterocycles. The molecule has 1 fully saturated rings. The SMILES string of the molecule is Clc1ccccc1CC(Br)CCC1CCCC1. The van der Waals surface area contributed by atoms with Gasteiger partial charge in [-0.3, -0.25) is 0 Å². The topological polar surface area (TPSA) is 0 Å². The van der Waals surface area contributed by atoms with E-state index in [-0.39, 0.29) is 0 Å². The molecule has 0 amide bonds. The Kier molecular flexibility index (Phi) is 5.37. The van der Waals surface area contributed by atoms with Crippen LogP contribution in [0.4, 0.5) is 0 Å². The molecule has 1 aromatic rings. The summed E-state index contributed by atoms with van der Waals surface area (Å²) in [5.74, 6) is 0.987. The van der Waals surface area contributed by atoms with Gasteiger partial charge in [-0.15, -0.1) is 0 Å². The van der Waals surface area contributed by atoms with Gasteiger partial charge < -0.3 is 0 Å². The lowest BCUT2D eigenvalue weighted by molar-refractivity contribution is 0.479. The van der Waals surface area contributed by atoms with Crippen molar-refractivity contribution >= 4 is 27.5 Å². The van der Waals surface area contributed by atoms with Crippen molar-refractivity contribution in [1.82, 2.24) is 0 Å². The number of hydrogen-bond donors (Lipinski definition) is 0. The molecule has 0 nitrogen and oxygen atoms in total. The Morgan fingerprint density at radius 2 is 1.94 bits per heavy atom. The lowest BCUT2D eigenvalue weighted by atomic mass is 9.98.